The van der Waals surface area contributed by atoms with Crippen LogP contribution in [0.15, 0.2) is 24.3 Å². The van der Waals surface area contributed by atoms with Crippen molar-refractivity contribution in [3.63, 3.8) is 0 Å². The fourth-order valence-corrected chi connectivity index (χ4v) is 12.2. The van der Waals surface area contributed by atoms with Crippen LogP contribution in [0.1, 0.15) is 220 Å². The molecule has 1 atom stereocenters. The van der Waals surface area contributed by atoms with Crippen molar-refractivity contribution in [1.82, 2.24) is 15.1 Å². The van der Waals surface area contributed by atoms with Crippen molar-refractivity contribution in [2.45, 2.75) is 226 Å². The van der Waals surface area contributed by atoms with Crippen molar-refractivity contribution in [3.8, 4) is 0 Å². The molecule has 0 aliphatic heterocycles. The molecule has 0 aromatic heterocycles. The number of hydrogen-bond acceptors (Lipinski definition) is 12. The van der Waals surface area contributed by atoms with Crippen LogP contribution in [-0.4, -0.2) is 121 Å². The highest BCUT2D eigenvalue weighted by molar-refractivity contribution is 8.77. The van der Waals surface area contributed by atoms with Gasteiger partial charge in [0.25, 0.3) is 0 Å². The Bertz CT molecular complexity index is 1200. The molecule has 0 unspecified atom stereocenters. The van der Waals surface area contributed by atoms with E-state index in [2.05, 4.69) is 74.2 Å². The second-order valence-corrected chi connectivity index (χ2v) is 24.7. The zero-order valence-electron chi connectivity index (χ0n) is 45.2. The van der Waals surface area contributed by atoms with Crippen LogP contribution in [0.2, 0.25) is 0 Å². The molecule has 0 radical (unpaired) electrons. The largest absolute Gasteiger partial charge is 0.466 e. The Morgan fingerprint density at radius 2 is 1.06 bits per heavy atom. The minimum absolute atomic E-state index is 0.127. The molecule has 1 amide bonds. The third kappa shape index (κ3) is 54.8. The van der Waals surface area contributed by atoms with Gasteiger partial charge in [-0.05, 0) is 116 Å². The summed E-state index contributed by atoms with van der Waals surface area (Å²) in [6.07, 6.45) is 40.1. The van der Waals surface area contributed by atoms with Crippen LogP contribution in [0, 0.1) is 5.92 Å². The van der Waals surface area contributed by atoms with E-state index in [0.29, 0.717) is 52.1 Å². The molecule has 0 spiro atoms. The van der Waals surface area contributed by atoms with Crippen molar-refractivity contribution >= 4 is 61.0 Å². The Balaban J connectivity index is 4.39. The number of esters is 2. The Morgan fingerprint density at radius 1 is 0.536 bits per heavy atom. The second kappa shape index (κ2) is 54.9. The maximum Gasteiger partial charge on any atom is 0.307 e. The molecule has 0 aromatic carbocycles. The van der Waals surface area contributed by atoms with Crippen molar-refractivity contribution < 1.29 is 29.0 Å². The monoisotopic (exact) mass is 1050 g/mol. The predicted octanol–water partition coefficient (Wildman–Crippen LogP) is 15.1. The highest BCUT2D eigenvalue weighted by atomic mass is 33.1. The van der Waals surface area contributed by atoms with E-state index in [-0.39, 0.29) is 23.9 Å². The van der Waals surface area contributed by atoms with Crippen LogP contribution in [0.5, 0.6) is 0 Å². The maximum atomic E-state index is 12.7. The molecule has 0 aromatic rings. The summed E-state index contributed by atoms with van der Waals surface area (Å²) in [5, 5.41) is 13.2. The van der Waals surface area contributed by atoms with Gasteiger partial charge < -0.3 is 29.7 Å². The molecule has 406 valence electrons. The average Bonchev–Trinajstić information content (AvgIpc) is 3.33. The molecule has 0 saturated heterocycles. The quantitative estimate of drug-likeness (QED) is 0.0262. The molecule has 0 fully saturated rings. The Labute approximate surface area is 441 Å². The SMILES string of the molecule is CC/C=C\CCCSSCCCCCCOC(=O)CCN(CCCN(C)CCNC(=O)CCCCCCC/C=C\C[C@H](O)CCCCCC)CCC(=O)OCCCCCCSSCCCCC(C)C. The molecular formula is C56H107N3O6S4. The lowest BCUT2D eigenvalue weighted by atomic mass is 10.1. The van der Waals surface area contributed by atoms with Gasteiger partial charge in [-0.15, -0.1) is 0 Å². The summed E-state index contributed by atoms with van der Waals surface area (Å²) in [5.74, 6) is 5.42. The molecule has 0 bridgehead atoms. The molecule has 0 rings (SSSR count). The van der Waals surface area contributed by atoms with Gasteiger partial charge in [-0.1, -0.05) is 179 Å². The van der Waals surface area contributed by atoms with Crippen LogP contribution in [0.4, 0.5) is 0 Å². The van der Waals surface area contributed by atoms with Gasteiger partial charge >= 0.3 is 11.9 Å². The average molecular weight is 1050 g/mol. The van der Waals surface area contributed by atoms with E-state index in [1.807, 2.05) is 43.2 Å². The summed E-state index contributed by atoms with van der Waals surface area (Å²) in [5.41, 5.74) is 0. The lowest BCUT2D eigenvalue weighted by Crippen LogP contribution is -2.35. The van der Waals surface area contributed by atoms with Gasteiger partial charge in [-0.3, -0.25) is 14.4 Å². The van der Waals surface area contributed by atoms with E-state index in [1.165, 1.54) is 106 Å². The number of ether oxygens (including phenoxy) is 2. The van der Waals surface area contributed by atoms with Crippen molar-refractivity contribution in [3.05, 3.63) is 24.3 Å². The third-order valence-corrected chi connectivity index (χ3v) is 17.2. The van der Waals surface area contributed by atoms with E-state index in [4.69, 9.17) is 9.47 Å². The molecule has 0 aliphatic carbocycles. The number of unbranched alkanes of at least 4 members (excludes halogenated alkanes) is 16. The molecule has 13 heteroatoms. The smallest absolute Gasteiger partial charge is 0.307 e. The first-order chi connectivity index (χ1) is 33.7. The van der Waals surface area contributed by atoms with Crippen molar-refractivity contribution in [2.75, 3.05) is 82.5 Å². The highest BCUT2D eigenvalue weighted by Gasteiger charge is 2.13. The summed E-state index contributed by atoms with van der Waals surface area (Å²) in [6, 6.07) is 0. The number of rotatable bonds is 54. The Morgan fingerprint density at radius 3 is 1.68 bits per heavy atom. The van der Waals surface area contributed by atoms with E-state index in [9.17, 15) is 19.5 Å². The van der Waals surface area contributed by atoms with Crippen LogP contribution in [-0.2, 0) is 23.9 Å². The number of likely N-dealkylation sites (N-methyl/N-ethyl adjacent to an activating group) is 1. The van der Waals surface area contributed by atoms with Gasteiger partial charge in [0, 0.05) is 55.6 Å². The number of nitrogens with zero attached hydrogens (tertiary/aromatic N) is 2. The van der Waals surface area contributed by atoms with Gasteiger partial charge in [0.05, 0.1) is 32.2 Å². The lowest BCUT2D eigenvalue weighted by Gasteiger charge is -2.23. The van der Waals surface area contributed by atoms with E-state index in [0.717, 1.165) is 115 Å². The van der Waals surface area contributed by atoms with Gasteiger partial charge in [-0.2, -0.15) is 0 Å². The minimum atomic E-state index is -0.199. The summed E-state index contributed by atoms with van der Waals surface area (Å²) in [6.45, 7) is 14.1. The Hall–Kier alpha value is -0.830. The molecule has 0 aliphatic rings. The number of amides is 1. The van der Waals surface area contributed by atoms with Crippen LogP contribution >= 0.6 is 43.2 Å². The number of carbonyl (C=O) groups is 3. The number of nitrogens with one attached hydrogen (secondary N) is 1. The van der Waals surface area contributed by atoms with Crippen LogP contribution in [0.25, 0.3) is 0 Å². The fourth-order valence-electron chi connectivity index (χ4n) is 7.60. The molecule has 69 heavy (non-hydrogen) atoms. The lowest BCUT2D eigenvalue weighted by molar-refractivity contribution is -0.144. The third-order valence-electron chi connectivity index (χ3n) is 12.0. The standard InChI is InChI=1S/C56H107N3O6S4/c1-6-8-10-20-29-48-66-67-49-30-21-18-27-46-64-55(62)38-43-59(44-39-56(63)65-47-28-19-22-31-50-68-69-51-32-26-34-52(3)4)42-33-41-58(5)45-40-57-54(61)37-25-17-15-13-12-14-16-24-36-53(60)35-23-11-9-7-2/h8,10,16,24,52-53,60H,6-7,9,11-15,17-23,25-51H2,1-5H3,(H,57,61)/b10-8-,24-16-/t53-/m1/s1. The van der Waals surface area contributed by atoms with E-state index < -0.39 is 0 Å². The van der Waals surface area contributed by atoms with Crippen LogP contribution < -0.4 is 5.32 Å². The molecule has 0 heterocycles. The number of aliphatic hydroxyl groups excluding tert-OH is 1. The van der Waals surface area contributed by atoms with Gasteiger partial charge in [-0.25, -0.2) is 0 Å². The normalized spacial score (nSPS) is 12.4. The van der Waals surface area contributed by atoms with Crippen molar-refractivity contribution in [1.29, 1.82) is 0 Å². The first-order valence-electron chi connectivity index (χ1n) is 28.1. The molecule has 9 nitrogen and oxygen atoms in total. The number of carbonyl (C=O) groups excluding carboxylic acids is 3. The summed E-state index contributed by atoms with van der Waals surface area (Å²) >= 11 is 0. The van der Waals surface area contributed by atoms with E-state index in [1.54, 1.807) is 0 Å². The summed E-state index contributed by atoms with van der Waals surface area (Å²) in [7, 11) is 10.1. The fraction of sp³-hybridized carbons (Fsp3) is 0.875. The second-order valence-electron chi connectivity index (χ2n) is 19.3. The topological polar surface area (TPSA) is 108 Å². The number of allylic oxidation sites excluding steroid dienone is 3. The number of aliphatic hydroxyl groups is 1. The number of hydrogen-bond donors (Lipinski definition) is 2. The molecular weight excluding hydrogens is 939 g/mol. The van der Waals surface area contributed by atoms with Gasteiger partial charge in [0.1, 0.15) is 0 Å². The molecule has 2 N–H and O–H groups in total. The zero-order valence-corrected chi connectivity index (χ0v) is 48.4. The summed E-state index contributed by atoms with van der Waals surface area (Å²) < 4.78 is 11.2. The minimum Gasteiger partial charge on any atom is -0.466 e. The Kier molecular flexibility index (Phi) is 54.3. The van der Waals surface area contributed by atoms with Gasteiger partial charge in [0.15, 0.2) is 0 Å². The van der Waals surface area contributed by atoms with Crippen LogP contribution in [0.3, 0.4) is 0 Å². The van der Waals surface area contributed by atoms with Crippen molar-refractivity contribution in [2.24, 2.45) is 5.92 Å². The first-order valence-corrected chi connectivity index (χ1v) is 33.1. The maximum absolute atomic E-state index is 12.7. The summed E-state index contributed by atoms with van der Waals surface area (Å²) in [4.78, 5) is 42.4. The highest BCUT2D eigenvalue weighted by Crippen LogP contribution is 2.25. The predicted molar refractivity (Wildman–Crippen MR) is 308 cm³/mol. The zero-order chi connectivity index (χ0) is 50.5. The molecule has 0 saturated carbocycles. The van der Waals surface area contributed by atoms with Gasteiger partial charge in [0.2, 0.25) is 5.91 Å². The van der Waals surface area contributed by atoms with E-state index >= 15 is 0 Å². The first kappa shape index (κ1) is 68.2.